The number of hydrogen-bond acceptors (Lipinski definition) is 6. The molecule has 0 radical (unpaired) electrons. The second kappa shape index (κ2) is 7.79. The van der Waals surface area contributed by atoms with Crippen LogP contribution in [0.1, 0.15) is 24.3 Å². The molecule has 1 aromatic heterocycles. The Morgan fingerprint density at radius 2 is 2.07 bits per heavy atom. The zero-order chi connectivity index (χ0) is 21.6. The first-order chi connectivity index (χ1) is 13.6. The lowest BCUT2D eigenvalue weighted by molar-refractivity contribution is -0.674. The van der Waals surface area contributed by atoms with E-state index >= 15 is 0 Å². The fourth-order valence-corrected chi connectivity index (χ4v) is 5.14. The molecular formula is C20H25N3O5S. The molecule has 1 fully saturated rings. The van der Waals surface area contributed by atoms with Crippen LogP contribution in [0.2, 0.25) is 0 Å². The highest BCUT2D eigenvalue weighted by Gasteiger charge is 2.58. The first-order valence-corrected chi connectivity index (χ1v) is 10.3. The van der Waals surface area contributed by atoms with Gasteiger partial charge in [0.15, 0.2) is 6.20 Å². The molecule has 0 saturated carbocycles. The molecule has 0 unspecified atom stereocenters. The van der Waals surface area contributed by atoms with E-state index in [4.69, 9.17) is 0 Å². The fraction of sp³-hybridized carbons (Fsp3) is 0.500. The van der Waals surface area contributed by atoms with Crippen LogP contribution in [0.25, 0.3) is 0 Å². The minimum Gasteiger partial charge on any atom is -0.543 e. The monoisotopic (exact) mass is 419 g/mol. The van der Waals surface area contributed by atoms with Crippen molar-refractivity contribution >= 4 is 29.5 Å². The lowest BCUT2D eigenvalue weighted by Gasteiger charge is -2.47. The summed E-state index contributed by atoms with van der Waals surface area (Å²) in [6.07, 6.45) is 0.945. The third kappa shape index (κ3) is 3.53. The third-order valence-corrected chi connectivity index (χ3v) is 6.69. The highest BCUT2D eigenvalue weighted by Crippen LogP contribution is 2.48. The maximum Gasteiger partial charge on any atom is 0.318 e. The van der Waals surface area contributed by atoms with Crippen LogP contribution < -0.4 is 9.67 Å². The maximum atomic E-state index is 12.4. The summed E-state index contributed by atoms with van der Waals surface area (Å²) in [4.78, 5) is 40.0. The molecule has 8 nitrogen and oxygen atoms in total. The van der Waals surface area contributed by atoms with Crippen LogP contribution in [0.4, 0.5) is 0 Å². The summed E-state index contributed by atoms with van der Waals surface area (Å²) in [5.41, 5.74) is 1.05. The van der Waals surface area contributed by atoms with Crippen molar-refractivity contribution in [3.05, 3.63) is 35.3 Å². The Bertz CT molecular complexity index is 911. The van der Waals surface area contributed by atoms with Crippen LogP contribution in [0.3, 0.4) is 0 Å². The first-order valence-electron chi connectivity index (χ1n) is 9.35. The largest absolute Gasteiger partial charge is 0.543 e. The van der Waals surface area contributed by atoms with Gasteiger partial charge in [-0.2, -0.15) is 4.57 Å². The summed E-state index contributed by atoms with van der Waals surface area (Å²) >= 11 is 1.40. The molecule has 29 heavy (non-hydrogen) atoms. The standard InChI is InChI=1S/C20H25N3O5S/c1-10-13(17(20(27)28)23-16(10)15(11(2)24)19(23)26)9-29-12-6-7-22(5)14(8-12)18(25)21(3)4/h6-8,10-11,15-16,24H,9H2,1-5H3/t10-,11+,15+,16+/m0/s1. The first kappa shape index (κ1) is 21.3. The van der Waals surface area contributed by atoms with Gasteiger partial charge in [-0.25, -0.2) is 0 Å². The Morgan fingerprint density at radius 3 is 2.62 bits per heavy atom. The number of β-lactam (4-membered cyclic amide) rings is 1. The lowest BCUT2D eigenvalue weighted by atomic mass is 9.78. The SMILES string of the molecule is C[C@@H](O)[C@H]1C(=O)N2C(C(=O)[O-])=C(CSc3cc[n+](C)c(C(=O)N(C)C)c3)[C@H](C)[C@H]12. The van der Waals surface area contributed by atoms with Crippen molar-refractivity contribution in [3.8, 4) is 0 Å². The summed E-state index contributed by atoms with van der Waals surface area (Å²) in [5, 5.41) is 21.7. The number of aryl methyl sites for hydroxylation is 1. The Labute approximate surface area is 173 Å². The van der Waals surface area contributed by atoms with Gasteiger partial charge in [0, 0.05) is 42.8 Å². The van der Waals surface area contributed by atoms with Crippen LogP contribution in [0.15, 0.2) is 34.5 Å². The van der Waals surface area contributed by atoms with Gasteiger partial charge in [0.25, 0.3) is 5.69 Å². The molecule has 0 aromatic carbocycles. The molecule has 1 N–H and O–H groups in total. The number of fused-ring (bicyclic) bond motifs is 1. The van der Waals surface area contributed by atoms with E-state index in [9.17, 15) is 24.6 Å². The molecule has 0 aliphatic carbocycles. The van der Waals surface area contributed by atoms with Crippen LogP contribution in [0, 0.1) is 11.8 Å². The van der Waals surface area contributed by atoms with Crippen molar-refractivity contribution in [2.75, 3.05) is 19.8 Å². The number of pyridine rings is 1. The zero-order valence-corrected chi connectivity index (χ0v) is 17.9. The number of rotatable bonds is 6. The van der Waals surface area contributed by atoms with Gasteiger partial charge in [-0.05, 0) is 12.5 Å². The molecule has 4 atom stereocenters. The van der Waals surface area contributed by atoms with Gasteiger partial charge in [0.2, 0.25) is 5.91 Å². The van der Waals surface area contributed by atoms with E-state index in [0.717, 1.165) is 4.90 Å². The van der Waals surface area contributed by atoms with E-state index in [0.29, 0.717) is 17.0 Å². The van der Waals surface area contributed by atoms with E-state index in [1.54, 1.807) is 44.9 Å². The number of thioether (sulfide) groups is 1. The molecule has 3 rings (SSSR count). The number of aliphatic hydroxyl groups excluding tert-OH is 1. The number of aliphatic carboxylic acids is 1. The van der Waals surface area contributed by atoms with Crippen molar-refractivity contribution in [1.29, 1.82) is 0 Å². The summed E-state index contributed by atoms with van der Waals surface area (Å²) in [7, 11) is 5.14. The summed E-state index contributed by atoms with van der Waals surface area (Å²) in [6.45, 7) is 3.42. The van der Waals surface area contributed by atoms with Crippen molar-refractivity contribution < 1.29 is 29.2 Å². The lowest BCUT2D eigenvalue weighted by Crippen LogP contribution is -2.64. The predicted molar refractivity (Wildman–Crippen MR) is 103 cm³/mol. The highest BCUT2D eigenvalue weighted by molar-refractivity contribution is 7.99. The van der Waals surface area contributed by atoms with Gasteiger partial charge in [-0.15, -0.1) is 11.8 Å². The van der Waals surface area contributed by atoms with Gasteiger partial charge in [0.05, 0.1) is 29.7 Å². The van der Waals surface area contributed by atoms with E-state index in [2.05, 4.69) is 0 Å². The van der Waals surface area contributed by atoms with Crippen molar-refractivity contribution in [3.63, 3.8) is 0 Å². The van der Waals surface area contributed by atoms with Gasteiger partial charge >= 0.3 is 5.91 Å². The average molecular weight is 420 g/mol. The van der Waals surface area contributed by atoms with Crippen molar-refractivity contribution in [2.24, 2.45) is 18.9 Å². The normalized spacial score (nSPS) is 24.3. The Kier molecular flexibility index (Phi) is 5.73. The van der Waals surface area contributed by atoms with Gasteiger partial charge in [0.1, 0.15) is 7.05 Å². The van der Waals surface area contributed by atoms with Gasteiger partial charge in [-0.1, -0.05) is 6.92 Å². The van der Waals surface area contributed by atoms with Crippen molar-refractivity contribution in [1.82, 2.24) is 9.80 Å². The van der Waals surface area contributed by atoms with E-state index < -0.39 is 18.0 Å². The second-order valence-electron chi connectivity index (χ2n) is 7.76. The predicted octanol–water partition coefficient (Wildman–Crippen LogP) is -0.833. The number of carbonyl (C=O) groups is 3. The molecule has 0 spiro atoms. The number of carbonyl (C=O) groups excluding carboxylic acids is 3. The molecule has 0 bridgehead atoms. The molecule has 2 aliphatic rings. The van der Waals surface area contributed by atoms with Crippen LogP contribution >= 0.6 is 11.8 Å². The smallest absolute Gasteiger partial charge is 0.318 e. The number of nitrogens with zero attached hydrogens (tertiary/aromatic N) is 3. The molecule has 156 valence electrons. The Morgan fingerprint density at radius 1 is 1.41 bits per heavy atom. The minimum atomic E-state index is -1.38. The van der Waals surface area contributed by atoms with Crippen LogP contribution in [-0.2, 0) is 16.6 Å². The molecule has 9 heteroatoms. The molecular weight excluding hydrogens is 394 g/mol. The quantitative estimate of drug-likeness (QED) is 0.367. The topological polar surface area (TPSA) is 105 Å². The number of aliphatic hydroxyl groups is 1. The Balaban J connectivity index is 1.85. The third-order valence-electron chi connectivity index (χ3n) is 5.65. The minimum absolute atomic E-state index is 0.0806. The molecule has 3 heterocycles. The summed E-state index contributed by atoms with van der Waals surface area (Å²) in [6, 6.07) is 3.27. The van der Waals surface area contributed by atoms with Crippen LogP contribution in [0.5, 0.6) is 0 Å². The Hall–Kier alpha value is -2.39. The van der Waals surface area contributed by atoms with Crippen LogP contribution in [-0.4, -0.2) is 64.7 Å². The van der Waals surface area contributed by atoms with Crippen molar-refractivity contribution in [2.45, 2.75) is 30.9 Å². The fourth-order valence-electron chi connectivity index (χ4n) is 4.07. The molecule has 2 aliphatic heterocycles. The number of carboxylic acids is 1. The maximum absolute atomic E-state index is 12.4. The molecule has 1 aromatic rings. The van der Waals surface area contributed by atoms with Gasteiger partial charge < -0.3 is 24.8 Å². The van der Waals surface area contributed by atoms with E-state index in [-0.39, 0.29) is 29.5 Å². The zero-order valence-electron chi connectivity index (χ0n) is 17.1. The molecule has 2 amide bonds. The van der Waals surface area contributed by atoms with E-state index in [1.807, 2.05) is 13.0 Å². The summed E-state index contributed by atoms with van der Waals surface area (Å²) < 4.78 is 1.73. The highest BCUT2D eigenvalue weighted by atomic mass is 32.2. The molecule has 1 saturated heterocycles. The van der Waals surface area contributed by atoms with E-state index in [1.165, 1.54) is 21.6 Å². The number of aromatic nitrogens is 1. The number of carboxylic acid groups (broad SMARTS) is 1. The summed E-state index contributed by atoms with van der Waals surface area (Å²) in [5.74, 6) is -2.33. The second-order valence-corrected chi connectivity index (χ2v) is 8.81. The number of amides is 2. The number of hydrogen-bond donors (Lipinski definition) is 1. The average Bonchev–Trinajstić information content (AvgIpc) is 2.88. The van der Waals surface area contributed by atoms with Gasteiger partial charge in [-0.3, -0.25) is 9.59 Å².